The number of likely N-dealkylation sites (tertiary alicyclic amines) is 1. The number of carboxylic acids is 1. The number of nitrogens with one attached hydrogen (secondary N) is 1. The molecule has 1 saturated heterocycles. The Morgan fingerprint density at radius 2 is 2.16 bits per heavy atom. The lowest BCUT2D eigenvalue weighted by atomic mass is 10.0. The summed E-state index contributed by atoms with van der Waals surface area (Å²) >= 11 is 5.68. The molecule has 1 amide bonds. The van der Waals surface area contributed by atoms with Crippen molar-refractivity contribution in [2.75, 3.05) is 18.4 Å². The lowest BCUT2D eigenvalue weighted by Crippen LogP contribution is -2.51. The van der Waals surface area contributed by atoms with Gasteiger partial charge in [0.1, 0.15) is 23.2 Å². The van der Waals surface area contributed by atoms with Crippen molar-refractivity contribution in [1.82, 2.24) is 14.9 Å². The van der Waals surface area contributed by atoms with Crippen molar-refractivity contribution in [3.05, 3.63) is 17.0 Å². The summed E-state index contributed by atoms with van der Waals surface area (Å²) in [4.78, 5) is 31.9. The summed E-state index contributed by atoms with van der Waals surface area (Å²) in [6.07, 6.45) is -0.675. The fourth-order valence-corrected chi connectivity index (χ4v) is 2.50. The predicted molar refractivity (Wildman–Crippen MR) is 88.7 cm³/mol. The maximum Gasteiger partial charge on any atom is 0.410 e. The first-order chi connectivity index (χ1) is 11.6. The highest BCUT2D eigenvalue weighted by Gasteiger charge is 2.34. The van der Waals surface area contributed by atoms with Crippen LogP contribution in [0.15, 0.2) is 6.20 Å². The van der Waals surface area contributed by atoms with E-state index in [-0.39, 0.29) is 36.2 Å². The molecular formula is C15H20ClFN4O4. The van der Waals surface area contributed by atoms with E-state index in [1.807, 2.05) is 0 Å². The number of aromatic carboxylic acids is 1. The molecule has 1 aliphatic heterocycles. The molecule has 0 saturated carbocycles. The van der Waals surface area contributed by atoms with Gasteiger partial charge in [0.25, 0.3) is 0 Å². The molecule has 138 valence electrons. The van der Waals surface area contributed by atoms with Crippen LogP contribution in [0, 0.1) is 0 Å². The molecule has 10 heteroatoms. The van der Waals surface area contributed by atoms with E-state index in [2.05, 4.69) is 15.3 Å². The van der Waals surface area contributed by atoms with Crippen LogP contribution >= 0.6 is 11.6 Å². The normalized spacial score (nSPS) is 20.9. The molecule has 0 aliphatic carbocycles. The Labute approximate surface area is 149 Å². The van der Waals surface area contributed by atoms with Gasteiger partial charge >= 0.3 is 12.1 Å². The monoisotopic (exact) mass is 374 g/mol. The number of rotatable bonds is 3. The van der Waals surface area contributed by atoms with E-state index in [1.54, 1.807) is 20.8 Å². The molecule has 2 rings (SSSR count). The minimum absolute atomic E-state index is 0.0501. The number of hydrogen-bond acceptors (Lipinski definition) is 6. The number of carbonyl (C=O) groups excluding carboxylic acids is 1. The number of piperidine rings is 1. The van der Waals surface area contributed by atoms with E-state index in [9.17, 15) is 14.0 Å². The van der Waals surface area contributed by atoms with Gasteiger partial charge in [0.05, 0.1) is 12.6 Å². The number of amides is 1. The molecule has 1 aliphatic rings. The third-order valence-electron chi connectivity index (χ3n) is 3.51. The number of anilines is 1. The van der Waals surface area contributed by atoms with E-state index >= 15 is 0 Å². The van der Waals surface area contributed by atoms with Crippen LogP contribution in [-0.4, -0.2) is 62.9 Å². The smallest absolute Gasteiger partial charge is 0.410 e. The van der Waals surface area contributed by atoms with Gasteiger partial charge in [-0.1, -0.05) is 0 Å². The molecule has 0 aromatic carbocycles. The van der Waals surface area contributed by atoms with Crippen LogP contribution < -0.4 is 5.32 Å². The van der Waals surface area contributed by atoms with Crippen molar-refractivity contribution in [2.45, 2.75) is 45.0 Å². The van der Waals surface area contributed by atoms with Gasteiger partial charge in [0.15, 0.2) is 0 Å². The zero-order valence-electron chi connectivity index (χ0n) is 14.1. The average molecular weight is 375 g/mol. The van der Waals surface area contributed by atoms with Crippen LogP contribution in [0.2, 0.25) is 5.28 Å². The summed E-state index contributed by atoms with van der Waals surface area (Å²) in [5.41, 5.74) is -0.863. The molecule has 0 bridgehead atoms. The Morgan fingerprint density at radius 3 is 2.72 bits per heavy atom. The van der Waals surface area contributed by atoms with Gasteiger partial charge in [-0.15, -0.1) is 0 Å². The zero-order valence-corrected chi connectivity index (χ0v) is 14.9. The van der Waals surface area contributed by atoms with Gasteiger partial charge in [-0.25, -0.2) is 19.0 Å². The summed E-state index contributed by atoms with van der Waals surface area (Å²) in [5.74, 6) is -1.30. The van der Waals surface area contributed by atoms with Crippen molar-refractivity contribution < 1.29 is 23.8 Å². The summed E-state index contributed by atoms with van der Waals surface area (Å²) in [6.45, 7) is 5.32. The van der Waals surface area contributed by atoms with Crippen LogP contribution in [0.4, 0.5) is 15.0 Å². The number of carbonyl (C=O) groups is 2. The summed E-state index contributed by atoms with van der Waals surface area (Å²) < 4.78 is 19.7. The fraction of sp³-hybridized carbons (Fsp3) is 0.600. The number of halogens is 2. The second-order valence-corrected chi connectivity index (χ2v) is 7.03. The van der Waals surface area contributed by atoms with Crippen molar-refractivity contribution in [3.63, 3.8) is 0 Å². The lowest BCUT2D eigenvalue weighted by molar-refractivity contribution is 0.0125. The molecule has 8 nitrogen and oxygen atoms in total. The second kappa shape index (κ2) is 7.38. The van der Waals surface area contributed by atoms with Crippen molar-refractivity contribution >= 4 is 29.5 Å². The molecule has 0 unspecified atom stereocenters. The maximum atomic E-state index is 14.5. The van der Waals surface area contributed by atoms with Gasteiger partial charge in [-0.2, -0.15) is 4.98 Å². The van der Waals surface area contributed by atoms with Crippen LogP contribution in [0.5, 0.6) is 0 Å². The first-order valence-electron chi connectivity index (χ1n) is 7.71. The van der Waals surface area contributed by atoms with Crippen molar-refractivity contribution in [1.29, 1.82) is 0 Å². The van der Waals surface area contributed by atoms with Gasteiger partial charge < -0.3 is 20.1 Å². The Kier molecular flexibility index (Phi) is 5.66. The first-order valence-corrected chi connectivity index (χ1v) is 8.09. The Morgan fingerprint density at radius 1 is 1.48 bits per heavy atom. The van der Waals surface area contributed by atoms with E-state index in [1.165, 1.54) is 4.90 Å². The van der Waals surface area contributed by atoms with Crippen LogP contribution in [0.25, 0.3) is 0 Å². The maximum absolute atomic E-state index is 14.5. The Hall–Kier alpha value is -2.16. The van der Waals surface area contributed by atoms with E-state index in [4.69, 9.17) is 21.4 Å². The first kappa shape index (κ1) is 19.2. The highest BCUT2D eigenvalue weighted by atomic mass is 35.5. The molecule has 1 fully saturated rings. The van der Waals surface area contributed by atoms with E-state index < -0.39 is 29.9 Å². The molecule has 0 radical (unpaired) electrons. The van der Waals surface area contributed by atoms with Crippen molar-refractivity contribution in [3.8, 4) is 0 Å². The van der Waals surface area contributed by atoms with Crippen LogP contribution in [-0.2, 0) is 4.74 Å². The minimum Gasteiger partial charge on any atom is -0.477 e. The topological polar surface area (TPSA) is 105 Å². The third kappa shape index (κ3) is 5.15. The highest BCUT2D eigenvalue weighted by Crippen LogP contribution is 2.23. The zero-order chi connectivity index (χ0) is 18.8. The Bertz CT molecular complexity index is 667. The number of alkyl halides is 1. The Balaban J connectivity index is 2.04. The summed E-state index contributed by atoms with van der Waals surface area (Å²) in [7, 11) is 0. The van der Waals surface area contributed by atoms with Gasteiger partial charge in [-0.3, -0.25) is 0 Å². The van der Waals surface area contributed by atoms with Crippen LogP contribution in [0.3, 0.4) is 0 Å². The molecule has 25 heavy (non-hydrogen) atoms. The number of aromatic nitrogens is 2. The lowest BCUT2D eigenvalue weighted by Gasteiger charge is -2.36. The molecular weight excluding hydrogens is 355 g/mol. The van der Waals surface area contributed by atoms with Crippen molar-refractivity contribution in [2.24, 2.45) is 0 Å². The number of carboxylic acid groups (broad SMARTS) is 1. The highest BCUT2D eigenvalue weighted by molar-refractivity contribution is 6.28. The van der Waals surface area contributed by atoms with Gasteiger partial charge in [0, 0.05) is 12.7 Å². The third-order valence-corrected chi connectivity index (χ3v) is 3.69. The van der Waals surface area contributed by atoms with Gasteiger partial charge in [-0.05, 0) is 38.8 Å². The molecule has 1 aromatic heterocycles. The number of hydrogen-bond donors (Lipinski definition) is 2. The molecule has 0 spiro atoms. The quantitative estimate of drug-likeness (QED) is 0.783. The number of ether oxygens (including phenoxy) is 1. The SMILES string of the molecule is CC(C)(C)OC(=O)N1CC[C@@H](Nc2nc(Cl)ncc2C(=O)O)[C@@H](F)C1. The molecule has 2 heterocycles. The molecule has 1 aromatic rings. The fourth-order valence-electron chi connectivity index (χ4n) is 2.36. The predicted octanol–water partition coefficient (Wildman–Crippen LogP) is 2.59. The summed E-state index contributed by atoms with van der Waals surface area (Å²) in [5, 5.41) is 11.8. The van der Waals surface area contributed by atoms with Crippen LogP contribution in [0.1, 0.15) is 37.6 Å². The number of nitrogens with zero attached hydrogens (tertiary/aromatic N) is 3. The van der Waals surface area contributed by atoms with E-state index in [0.29, 0.717) is 0 Å². The average Bonchev–Trinajstić information content (AvgIpc) is 2.47. The van der Waals surface area contributed by atoms with E-state index in [0.717, 1.165) is 6.20 Å². The largest absolute Gasteiger partial charge is 0.477 e. The summed E-state index contributed by atoms with van der Waals surface area (Å²) in [6, 6.07) is -0.706. The minimum atomic E-state index is -1.42. The second-order valence-electron chi connectivity index (χ2n) is 6.69. The molecule has 2 atom stereocenters. The molecule has 2 N–H and O–H groups in total. The standard InChI is InChI=1S/C15H20ClFN4O4/c1-15(2,3)25-14(24)21-5-4-10(9(17)7-21)19-11-8(12(22)23)6-18-13(16)20-11/h6,9-10H,4-5,7H2,1-3H3,(H,22,23)(H,18,19,20)/t9-,10+/m0/s1. The van der Waals surface area contributed by atoms with Gasteiger partial charge in [0.2, 0.25) is 5.28 Å².